The number of amides is 2. The summed E-state index contributed by atoms with van der Waals surface area (Å²) in [5.41, 5.74) is 0.496. The van der Waals surface area contributed by atoms with E-state index in [0.717, 1.165) is 4.90 Å². The number of fused-ring (bicyclic) bond motifs is 1. The molecule has 0 N–H and O–H groups in total. The third-order valence-electron chi connectivity index (χ3n) is 4.80. The number of rotatable bonds is 4. The van der Waals surface area contributed by atoms with Crippen molar-refractivity contribution in [2.45, 2.75) is 13.0 Å². The maximum Gasteiger partial charge on any atom is 0.269 e. The van der Waals surface area contributed by atoms with Crippen molar-refractivity contribution < 1.29 is 19.3 Å². The highest BCUT2D eigenvalue weighted by molar-refractivity contribution is 6.49. The topological polar surface area (TPSA) is 113 Å². The molecule has 0 aromatic heterocycles. The minimum atomic E-state index is -1.06. The number of imide groups is 1. The molecule has 146 valence electrons. The number of non-ortho nitro benzene ring substituents is 1. The zero-order chi connectivity index (χ0) is 20.9. The number of benzene rings is 2. The van der Waals surface area contributed by atoms with E-state index in [0.29, 0.717) is 16.4 Å². The van der Waals surface area contributed by atoms with Crippen LogP contribution in [-0.2, 0) is 14.4 Å². The van der Waals surface area contributed by atoms with Gasteiger partial charge < -0.3 is 0 Å². The molecule has 2 aromatic carbocycles. The summed E-state index contributed by atoms with van der Waals surface area (Å²) in [4.78, 5) is 49.7. The maximum absolute atomic E-state index is 13.2. The van der Waals surface area contributed by atoms with E-state index < -0.39 is 34.5 Å². The molecule has 0 bridgehead atoms. The predicted molar refractivity (Wildman–Crippen MR) is 105 cm³/mol. The van der Waals surface area contributed by atoms with Crippen molar-refractivity contribution in [1.82, 2.24) is 0 Å². The number of Topliss-reactive ketones (excluding diaryl/α,β-unsaturated/α-hetero) is 1. The van der Waals surface area contributed by atoms with E-state index in [9.17, 15) is 24.5 Å². The van der Waals surface area contributed by atoms with Crippen molar-refractivity contribution in [3.63, 3.8) is 0 Å². The van der Waals surface area contributed by atoms with Gasteiger partial charge in [0.1, 0.15) is 17.7 Å². The Hall–Kier alpha value is -3.59. The van der Waals surface area contributed by atoms with E-state index in [2.05, 4.69) is 5.10 Å². The molecule has 2 aromatic rings. The fraction of sp³-hybridized carbons (Fsp3) is 0.158. The lowest BCUT2D eigenvalue weighted by molar-refractivity contribution is -0.384. The Bertz CT molecular complexity index is 1100. The average molecular weight is 413 g/mol. The molecule has 1 saturated heterocycles. The van der Waals surface area contributed by atoms with Crippen molar-refractivity contribution in [1.29, 1.82) is 0 Å². The van der Waals surface area contributed by atoms with Crippen LogP contribution in [0.3, 0.4) is 0 Å². The summed E-state index contributed by atoms with van der Waals surface area (Å²) >= 11 is 5.99. The number of nitro groups is 1. The van der Waals surface area contributed by atoms with Gasteiger partial charge in [-0.25, -0.2) is 4.90 Å². The van der Waals surface area contributed by atoms with Gasteiger partial charge in [0.05, 0.1) is 16.3 Å². The standard InChI is InChI=1S/C19H13ClN4O5/c1-10(25)16-15-17(23(21-16)12-5-7-13(8-6-12)24(28)29)19(27)22(18(15)26)14-4-2-3-11(20)9-14/h2-9,15,17H,1H3/t15-,17+/m0/s1. The molecule has 29 heavy (non-hydrogen) atoms. The molecule has 0 radical (unpaired) electrons. The van der Waals surface area contributed by atoms with Gasteiger partial charge in [-0.2, -0.15) is 5.10 Å². The SMILES string of the molecule is CC(=O)C1=NN(c2ccc([N+](=O)[O-])cc2)[C@H]2C(=O)N(c3cccc(Cl)c3)C(=O)[C@@H]12. The van der Waals surface area contributed by atoms with Crippen LogP contribution in [0.1, 0.15) is 6.92 Å². The van der Waals surface area contributed by atoms with Gasteiger partial charge >= 0.3 is 0 Å². The largest absolute Gasteiger partial charge is 0.293 e. The Morgan fingerprint density at radius 1 is 1.10 bits per heavy atom. The molecule has 9 nitrogen and oxygen atoms in total. The molecule has 2 aliphatic rings. The Kier molecular flexibility index (Phi) is 4.39. The molecule has 10 heteroatoms. The summed E-state index contributed by atoms with van der Waals surface area (Å²) in [5.74, 6) is -2.62. The van der Waals surface area contributed by atoms with Gasteiger partial charge in [0.2, 0.25) is 5.91 Å². The Labute approximate surface area is 169 Å². The van der Waals surface area contributed by atoms with E-state index in [1.807, 2.05) is 0 Å². The second kappa shape index (κ2) is 6.78. The third-order valence-corrected chi connectivity index (χ3v) is 5.04. The molecule has 2 heterocycles. The van der Waals surface area contributed by atoms with Gasteiger partial charge in [-0.05, 0) is 30.3 Å². The van der Waals surface area contributed by atoms with E-state index in [1.165, 1.54) is 42.3 Å². The molecule has 2 amide bonds. The van der Waals surface area contributed by atoms with Crippen LogP contribution in [0.2, 0.25) is 5.02 Å². The van der Waals surface area contributed by atoms with Crippen LogP contribution in [0.25, 0.3) is 0 Å². The lowest BCUT2D eigenvalue weighted by atomic mass is 9.95. The van der Waals surface area contributed by atoms with E-state index in [4.69, 9.17) is 11.6 Å². The van der Waals surface area contributed by atoms with Crippen molar-refractivity contribution in [2.24, 2.45) is 11.0 Å². The Balaban J connectivity index is 1.78. The molecular formula is C19H13ClN4O5. The number of anilines is 2. The number of hydrogen-bond acceptors (Lipinski definition) is 7. The molecular weight excluding hydrogens is 400 g/mol. The predicted octanol–water partition coefficient (Wildman–Crippen LogP) is 2.57. The highest BCUT2D eigenvalue weighted by atomic mass is 35.5. The number of nitro benzene ring substituents is 1. The number of hydrazone groups is 1. The first-order valence-electron chi connectivity index (χ1n) is 8.56. The van der Waals surface area contributed by atoms with E-state index in [1.54, 1.807) is 18.2 Å². The highest BCUT2D eigenvalue weighted by Gasteiger charge is 2.58. The first kappa shape index (κ1) is 18.8. The van der Waals surface area contributed by atoms with Crippen molar-refractivity contribution in [3.05, 3.63) is 63.7 Å². The zero-order valence-electron chi connectivity index (χ0n) is 15.0. The number of nitrogens with zero attached hydrogens (tertiary/aromatic N) is 4. The number of hydrogen-bond donors (Lipinski definition) is 0. The molecule has 1 fully saturated rings. The number of carbonyl (C=O) groups is 3. The molecule has 0 unspecified atom stereocenters. The number of ketones is 1. The van der Waals surface area contributed by atoms with Gasteiger partial charge in [-0.3, -0.25) is 29.5 Å². The van der Waals surface area contributed by atoms with Crippen LogP contribution < -0.4 is 9.91 Å². The van der Waals surface area contributed by atoms with Crippen LogP contribution in [0, 0.1) is 16.0 Å². The second-order valence-corrected chi connectivity index (χ2v) is 7.01. The average Bonchev–Trinajstić information content (AvgIpc) is 3.19. The van der Waals surface area contributed by atoms with Gasteiger partial charge in [0.15, 0.2) is 5.78 Å². The third kappa shape index (κ3) is 2.95. The van der Waals surface area contributed by atoms with Gasteiger partial charge in [-0.1, -0.05) is 17.7 Å². The van der Waals surface area contributed by atoms with Crippen LogP contribution in [0.15, 0.2) is 53.6 Å². The lowest BCUT2D eigenvalue weighted by Crippen LogP contribution is -2.39. The summed E-state index contributed by atoms with van der Waals surface area (Å²) < 4.78 is 0. The lowest BCUT2D eigenvalue weighted by Gasteiger charge is -2.22. The smallest absolute Gasteiger partial charge is 0.269 e. The minimum Gasteiger partial charge on any atom is -0.293 e. The molecule has 2 atom stereocenters. The van der Waals surface area contributed by atoms with Crippen LogP contribution in [0.5, 0.6) is 0 Å². The van der Waals surface area contributed by atoms with Gasteiger partial charge in [0, 0.05) is 24.1 Å². The normalized spacial score (nSPS) is 20.7. The summed E-state index contributed by atoms with van der Waals surface area (Å²) in [6.07, 6.45) is 0. The molecule has 0 spiro atoms. The molecule has 4 rings (SSSR count). The summed E-state index contributed by atoms with van der Waals surface area (Å²) in [7, 11) is 0. The van der Waals surface area contributed by atoms with Crippen LogP contribution >= 0.6 is 11.6 Å². The zero-order valence-corrected chi connectivity index (χ0v) is 15.7. The molecule has 0 saturated carbocycles. The van der Waals surface area contributed by atoms with Gasteiger partial charge in [0.25, 0.3) is 11.6 Å². The van der Waals surface area contributed by atoms with Crippen molar-refractivity contribution >= 4 is 52.0 Å². The van der Waals surface area contributed by atoms with E-state index >= 15 is 0 Å². The minimum absolute atomic E-state index is 0.0313. The van der Waals surface area contributed by atoms with Crippen LogP contribution in [-0.4, -0.2) is 34.3 Å². The fourth-order valence-electron chi connectivity index (χ4n) is 3.51. The van der Waals surface area contributed by atoms with Gasteiger partial charge in [-0.15, -0.1) is 0 Å². The van der Waals surface area contributed by atoms with Crippen molar-refractivity contribution in [2.75, 3.05) is 9.91 Å². The summed E-state index contributed by atoms with van der Waals surface area (Å²) in [5, 5.41) is 16.7. The second-order valence-electron chi connectivity index (χ2n) is 6.57. The Morgan fingerprint density at radius 3 is 2.38 bits per heavy atom. The van der Waals surface area contributed by atoms with Crippen LogP contribution in [0.4, 0.5) is 17.1 Å². The summed E-state index contributed by atoms with van der Waals surface area (Å²) in [6.45, 7) is 1.27. The first-order valence-corrected chi connectivity index (χ1v) is 8.94. The Morgan fingerprint density at radius 2 is 1.79 bits per heavy atom. The number of carbonyl (C=O) groups excluding carboxylic acids is 3. The number of halogens is 1. The highest BCUT2D eigenvalue weighted by Crippen LogP contribution is 2.38. The monoisotopic (exact) mass is 412 g/mol. The van der Waals surface area contributed by atoms with Crippen molar-refractivity contribution in [3.8, 4) is 0 Å². The van der Waals surface area contributed by atoms with E-state index in [-0.39, 0.29) is 11.4 Å². The maximum atomic E-state index is 13.2. The summed E-state index contributed by atoms with van der Waals surface area (Å²) in [6, 6.07) is 10.6. The molecule has 0 aliphatic carbocycles. The fourth-order valence-corrected chi connectivity index (χ4v) is 3.70. The quantitative estimate of drug-likeness (QED) is 0.433. The first-order chi connectivity index (χ1) is 13.8. The molecule has 2 aliphatic heterocycles.